The Bertz CT molecular complexity index is 441. The van der Waals surface area contributed by atoms with E-state index in [1.54, 1.807) is 6.07 Å². The van der Waals surface area contributed by atoms with Crippen molar-refractivity contribution in [1.82, 2.24) is 0 Å². The number of rotatable bonds is 6. The van der Waals surface area contributed by atoms with Crippen LogP contribution in [0.15, 0.2) is 35.5 Å². The van der Waals surface area contributed by atoms with Gasteiger partial charge in [-0.05, 0) is 6.42 Å². The van der Waals surface area contributed by atoms with E-state index in [-0.39, 0.29) is 12.2 Å². The number of unbranched alkanes of at least 4 members (excludes halogenated alkanes) is 1. The van der Waals surface area contributed by atoms with Crippen molar-refractivity contribution in [3.63, 3.8) is 0 Å². The summed E-state index contributed by atoms with van der Waals surface area (Å²) in [6, 6.07) is 7.18. The van der Waals surface area contributed by atoms with Crippen LogP contribution in [0.1, 0.15) is 30.1 Å². The van der Waals surface area contributed by atoms with Gasteiger partial charge >= 0.3 is 6.18 Å². The highest BCUT2D eigenvalue weighted by Crippen LogP contribution is 2.20. The molecule has 6 heteroatoms. The lowest BCUT2D eigenvalue weighted by Gasteiger charge is -2.09. The first-order valence-corrected chi connectivity index (χ1v) is 5.83. The number of carbonyl (C=O) groups is 1. The molecule has 0 amide bonds. The molecule has 1 aromatic carbocycles. The van der Waals surface area contributed by atoms with Crippen LogP contribution in [0.5, 0.6) is 0 Å². The maximum atomic E-state index is 12.7. The van der Waals surface area contributed by atoms with E-state index in [4.69, 9.17) is 0 Å². The quantitative estimate of drug-likeness (QED) is 0.344. The van der Waals surface area contributed by atoms with Crippen LogP contribution in [0.3, 0.4) is 0 Å². The lowest BCUT2D eigenvalue weighted by atomic mass is 10.1. The Labute approximate surface area is 109 Å². The van der Waals surface area contributed by atoms with Crippen LogP contribution < -0.4 is 0 Å². The number of alkyl halides is 3. The normalized spacial score (nSPS) is 12.3. The average Bonchev–Trinajstić information content (AvgIpc) is 2.37. The molecule has 1 rings (SSSR count). The fourth-order valence-electron chi connectivity index (χ4n) is 1.27. The van der Waals surface area contributed by atoms with E-state index in [9.17, 15) is 18.0 Å². The van der Waals surface area contributed by atoms with Crippen molar-refractivity contribution in [3.05, 3.63) is 35.9 Å². The van der Waals surface area contributed by atoms with Crippen LogP contribution in [-0.2, 0) is 4.84 Å². The minimum Gasteiger partial charge on any atom is -0.395 e. The van der Waals surface area contributed by atoms with E-state index in [0.29, 0.717) is 6.42 Å². The number of Topliss-reactive ketones (excluding diaryl/α,β-unsaturated/α-hetero) is 1. The smallest absolute Gasteiger partial charge is 0.395 e. The standard InChI is InChI=1S/C13H14F3NO2/c1-2-3-9-19-17-12(13(14,15)16)11(18)10-7-5-4-6-8-10/h4-8H,2-3,9H2,1H3/b17-12-. The van der Waals surface area contributed by atoms with E-state index in [0.717, 1.165) is 6.42 Å². The van der Waals surface area contributed by atoms with Gasteiger partial charge in [0.15, 0.2) is 0 Å². The van der Waals surface area contributed by atoms with Gasteiger partial charge in [0.05, 0.1) is 0 Å². The van der Waals surface area contributed by atoms with Crippen LogP contribution >= 0.6 is 0 Å². The summed E-state index contributed by atoms with van der Waals surface area (Å²) in [6.07, 6.45) is -3.49. The van der Waals surface area contributed by atoms with Gasteiger partial charge < -0.3 is 4.84 Å². The summed E-state index contributed by atoms with van der Waals surface area (Å²) in [5.74, 6) is -1.19. The van der Waals surface area contributed by atoms with Gasteiger partial charge in [-0.3, -0.25) is 4.79 Å². The van der Waals surface area contributed by atoms with E-state index in [1.807, 2.05) is 6.92 Å². The number of nitrogens with zero attached hydrogens (tertiary/aromatic N) is 1. The molecule has 104 valence electrons. The summed E-state index contributed by atoms with van der Waals surface area (Å²) in [5, 5.41) is 2.95. The fourth-order valence-corrected chi connectivity index (χ4v) is 1.27. The Balaban J connectivity index is 2.89. The van der Waals surface area contributed by atoms with Gasteiger partial charge in [-0.1, -0.05) is 48.8 Å². The first-order chi connectivity index (χ1) is 8.96. The van der Waals surface area contributed by atoms with Crippen LogP contribution in [0, 0.1) is 0 Å². The minimum atomic E-state index is -4.83. The molecule has 0 aliphatic rings. The molecule has 0 aliphatic heterocycles. The van der Waals surface area contributed by atoms with Crippen molar-refractivity contribution >= 4 is 11.5 Å². The third-order valence-electron chi connectivity index (χ3n) is 2.26. The number of hydrogen-bond donors (Lipinski definition) is 0. The number of ketones is 1. The zero-order chi connectivity index (χ0) is 14.3. The highest BCUT2D eigenvalue weighted by Gasteiger charge is 2.42. The number of hydrogen-bond acceptors (Lipinski definition) is 3. The summed E-state index contributed by atoms with van der Waals surface area (Å²) >= 11 is 0. The van der Waals surface area contributed by atoms with Gasteiger partial charge in [-0.25, -0.2) is 0 Å². The van der Waals surface area contributed by atoms with Crippen molar-refractivity contribution in [3.8, 4) is 0 Å². The monoisotopic (exact) mass is 273 g/mol. The molecule has 0 saturated heterocycles. The first kappa shape index (κ1) is 15.2. The van der Waals surface area contributed by atoms with Gasteiger partial charge in [0, 0.05) is 5.56 Å². The zero-order valence-corrected chi connectivity index (χ0v) is 10.4. The van der Waals surface area contributed by atoms with Gasteiger partial charge in [0.2, 0.25) is 11.5 Å². The zero-order valence-electron chi connectivity index (χ0n) is 10.4. The predicted molar refractivity (Wildman–Crippen MR) is 65.1 cm³/mol. The summed E-state index contributed by atoms with van der Waals surface area (Å²) in [4.78, 5) is 16.3. The fraction of sp³-hybridized carbons (Fsp3) is 0.385. The van der Waals surface area contributed by atoms with Gasteiger partial charge in [-0.2, -0.15) is 13.2 Å². The average molecular weight is 273 g/mol. The minimum absolute atomic E-state index is 0.0537. The van der Waals surface area contributed by atoms with Gasteiger partial charge in [0.1, 0.15) is 6.61 Å². The molecule has 3 nitrogen and oxygen atoms in total. The van der Waals surface area contributed by atoms with E-state index < -0.39 is 17.7 Å². The van der Waals surface area contributed by atoms with Crippen LogP contribution in [0.2, 0.25) is 0 Å². The molecule has 19 heavy (non-hydrogen) atoms. The summed E-state index contributed by atoms with van der Waals surface area (Å²) in [7, 11) is 0. The third-order valence-corrected chi connectivity index (χ3v) is 2.26. The number of benzene rings is 1. The third kappa shape index (κ3) is 4.73. The highest BCUT2D eigenvalue weighted by atomic mass is 19.4. The maximum absolute atomic E-state index is 12.7. The van der Waals surface area contributed by atoms with Crippen molar-refractivity contribution in [2.24, 2.45) is 5.16 Å². The Morgan fingerprint density at radius 3 is 2.42 bits per heavy atom. The molecular weight excluding hydrogens is 259 g/mol. The predicted octanol–water partition coefficient (Wildman–Crippen LogP) is 3.60. The Morgan fingerprint density at radius 2 is 1.89 bits per heavy atom. The van der Waals surface area contributed by atoms with E-state index in [1.165, 1.54) is 24.3 Å². The van der Waals surface area contributed by atoms with Crippen LogP contribution in [0.4, 0.5) is 13.2 Å². The number of oxime groups is 1. The van der Waals surface area contributed by atoms with Gasteiger partial charge in [-0.15, -0.1) is 0 Å². The van der Waals surface area contributed by atoms with Crippen LogP contribution in [0.25, 0.3) is 0 Å². The second-order valence-electron chi connectivity index (χ2n) is 3.82. The molecule has 0 spiro atoms. The lowest BCUT2D eigenvalue weighted by molar-refractivity contribution is -0.0616. The highest BCUT2D eigenvalue weighted by molar-refractivity contribution is 6.47. The number of halogens is 3. The molecule has 0 heterocycles. The second kappa shape index (κ2) is 6.92. The topological polar surface area (TPSA) is 38.7 Å². The largest absolute Gasteiger partial charge is 0.440 e. The molecule has 0 saturated carbocycles. The molecule has 1 aromatic rings. The SMILES string of the molecule is CCCCO/N=C(/C(=O)c1ccccc1)C(F)(F)F. The molecule has 0 fully saturated rings. The van der Waals surface area contributed by atoms with E-state index in [2.05, 4.69) is 9.99 Å². The second-order valence-corrected chi connectivity index (χ2v) is 3.82. The van der Waals surface area contributed by atoms with Crippen molar-refractivity contribution < 1.29 is 22.8 Å². The van der Waals surface area contributed by atoms with Crippen molar-refractivity contribution in [1.29, 1.82) is 0 Å². The Kier molecular flexibility index (Phi) is 5.54. The molecular formula is C13H14F3NO2. The molecule has 0 N–H and O–H groups in total. The van der Waals surface area contributed by atoms with Crippen molar-refractivity contribution in [2.45, 2.75) is 25.9 Å². The van der Waals surface area contributed by atoms with Gasteiger partial charge in [0.25, 0.3) is 0 Å². The first-order valence-electron chi connectivity index (χ1n) is 5.83. The maximum Gasteiger partial charge on any atom is 0.440 e. The Morgan fingerprint density at radius 1 is 1.26 bits per heavy atom. The summed E-state index contributed by atoms with van der Waals surface area (Å²) in [5.41, 5.74) is -1.60. The van der Waals surface area contributed by atoms with E-state index >= 15 is 0 Å². The van der Waals surface area contributed by atoms with Crippen molar-refractivity contribution in [2.75, 3.05) is 6.61 Å². The molecule has 0 aromatic heterocycles. The Hall–Kier alpha value is -1.85. The summed E-state index contributed by atoms with van der Waals surface area (Å²) in [6.45, 7) is 1.92. The number of carbonyl (C=O) groups excluding carboxylic acids is 1. The van der Waals surface area contributed by atoms with Crippen LogP contribution in [-0.4, -0.2) is 24.3 Å². The lowest BCUT2D eigenvalue weighted by Crippen LogP contribution is -2.31. The summed E-state index contributed by atoms with van der Waals surface area (Å²) < 4.78 is 38.2. The molecule has 0 aliphatic carbocycles. The molecule has 0 radical (unpaired) electrons. The molecule has 0 atom stereocenters. The molecule has 0 unspecified atom stereocenters. The molecule has 0 bridgehead atoms.